The molecule has 0 aliphatic rings. The first-order valence-electron chi connectivity index (χ1n) is 14.6. The van der Waals surface area contributed by atoms with Gasteiger partial charge >= 0.3 is 0 Å². The number of likely N-dealkylation sites (N-methyl/N-ethyl adjacent to an activating group) is 1. The first-order chi connectivity index (χ1) is 21.4. The quantitative estimate of drug-likeness (QED) is 0.234. The van der Waals surface area contributed by atoms with Gasteiger partial charge in [-0.1, -0.05) is 62.7 Å². The average molecular weight is 631 g/mol. The van der Waals surface area contributed by atoms with Crippen molar-refractivity contribution in [2.45, 2.75) is 61.8 Å². The molecular weight excluding hydrogens is 595 g/mol. The molecule has 0 unspecified atom stereocenters. The maximum atomic E-state index is 14.6. The van der Waals surface area contributed by atoms with Gasteiger partial charge in [-0.05, 0) is 59.4 Å². The number of unbranched alkanes of at least 4 members (excludes halogenated alkanes) is 1. The van der Waals surface area contributed by atoms with Crippen LogP contribution in [0.2, 0.25) is 0 Å². The lowest BCUT2D eigenvalue weighted by atomic mass is 9.97. The summed E-state index contributed by atoms with van der Waals surface area (Å²) >= 11 is 0. The standard InChI is InChI=1S/C34H35FN4O5S/c1-5-7-12-30-37-33(41)32(34(42)39(30)29(6-2)24-13-14-25(21-36)28(35)19-24)45(43,44)26-17-15-22(16-18-26)27-11-9-8-10-23(27)20-31(40)38(3)4/h8-11,13-19,29,41H,5-7,12,20H2,1-4H3/t29-/m0/s1. The lowest BCUT2D eigenvalue weighted by Gasteiger charge is -2.23. The zero-order valence-electron chi connectivity index (χ0n) is 25.6. The highest BCUT2D eigenvalue weighted by Gasteiger charge is 2.32. The highest BCUT2D eigenvalue weighted by atomic mass is 32.2. The summed E-state index contributed by atoms with van der Waals surface area (Å²) in [5.41, 5.74) is 1.42. The molecule has 4 aromatic rings. The third-order valence-corrected chi connectivity index (χ3v) is 9.47. The van der Waals surface area contributed by atoms with Crippen LogP contribution in [0.1, 0.15) is 61.7 Å². The summed E-state index contributed by atoms with van der Waals surface area (Å²) in [6.07, 6.45) is 2.07. The van der Waals surface area contributed by atoms with Gasteiger partial charge in [-0.3, -0.25) is 14.2 Å². The first-order valence-corrected chi connectivity index (χ1v) is 16.1. The molecule has 0 saturated carbocycles. The lowest BCUT2D eigenvalue weighted by Crippen LogP contribution is -2.33. The highest BCUT2D eigenvalue weighted by Crippen LogP contribution is 2.31. The number of hydrogen-bond donors (Lipinski definition) is 1. The van der Waals surface area contributed by atoms with Gasteiger partial charge in [0.1, 0.15) is 17.7 Å². The Balaban J connectivity index is 1.83. The molecule has 4 rings (SSSR count). The Labute approximate surface area is 262 Å². The minimum Gasteiger partial charge on any atom is -0.492 e. The number of aromatic nitrogens is 2. The minimum atomic E-state index is -4.57. The SMILES string of the molecule is CCCCc1nc(O)c(S(=O)(=O)c2ccc(-c3ccccc3CC(=O)N(C)C)cc2)c(=O)n1[C@@H](CC)c1ccc(C#N)c(F)c1. The molecule has 0 aliphatic heterocycles. The van der Waals surface area contributed by atoms with Gasteiger partial charge in [0.2, 0.25) is 21.6 Å². The fraction of sp³-hybridized carbons (Fsp3) is 0.294. The zero-order chi connectivity index (χ0) is 32.9. The second-order valence-electron chi connectivity index (χ2n) is 10.9. The number of carbonyl (C=O) groups excluding carboxylic acids is 1. The average Bonchev–Trinajstić information content (AvgIpc) is 3.01. The molecule has 1 amide bonds. The van der Waals surface area contributed by atoms with Crippen LogP contribution in [-0.2, 0) is 27.5 Å². The van der Waals surface area contributed by atoms with E-state index in [4.69, 9.17) is 5.26 Å². The smallest absolute Gasteiger partial charge is 0.277 e. The van der Waals surface area contributed by atoms with Crippen LogP contribution in [0.4, 0.5) is 4.39 Å². The Kier molecular flexibility index (Phi) is 10.2. The van der Waals surface area contributed by atoms with Crippen LogP contribution in [0.25, 0.3) is 11.1 Å². The zero-order valence-corrected chi connectivity index (χ0v) is 26.4. The molecule has 45 heavy (non-hydrogen) atoms. The van der Waals surface area contributed by atoms with E-state index < -0.39 is 38.0 Å². The number of nitrogens with zero attached hydrogens (tertiary/aromatic N) is 4. The molecule has 1 aromatic heterocycles. The van der Waals surface area contributed by atoms with Crippen LogP contribution in [0.3, 0.4) is 0 Å². The largest absolute Gasteiger partial charge is 0.492 e. The number of carbonyl (C=O) groups is 1. The molecule has 0 bridgehead atoms. The summed E-state index contributed by atoms with van der Waals surface area (Å²) in [7, 11) is -1.22. The number of hydrogen-bond acceptors (Lipinski definition) is 7. The van der Waals surface area contributed by atoms with Crippen LogP contribution in [0, 0.1) is 17.1 Å². The molecule has 3 aromatic carbocycles. The maximum Gasteiger partial charge on any atom is 0.277 e. The molecule has 11 heteroatoms. The van der Waals surface area contributed by atoms with Crippen molar-refractivity contribution >= 4 is 15.7 Å². The number of aromatic hydroxyl groups is 1. The van der Waals surface area contributed by atoms with Crippen molar-refractivity contribution in [2.75, 3.05) is 14.1 Å². The van der Waals surface area contributed by atoms with Crippen LogP contribution < -0.4 is 5.56 Å². The van der Waals surface area contributed by atoms with Gasteiger partial charge in [0.25, 0.3) is 5.56 Å². The van der Waals surface area contributed by atoms with E-state index in [1.807, 2.05) is 31.2 Å². The van der Waals surface area contributed by atoms with Gasteiger partial charge < -0.3 is 10.0 Å². The Hall–Kier alpha value is -4.82. The Morgan fingerprint density at radius 3 is 2.38 bits per heavy atom. The van der Waals surface area contributed by atoms with E-state index in [1.54, 1.807) is 39.2 Å². The monoisotopic (exact) mass is 630 g/mol. The van der Waals surface area contributed by atoms with Crippen molar-refractivity contribution in [3.8, 4) is 23.1 Å². The molecule has 0 spiro atoms. The maximum absolute atomic E-state index is 14.6. The lowest BCUT2D eigenvalue weighted by molar-refractivity contribution is -0.127. The molecule has 1 atom stereocenters. The van der Waals surface area contributed by atoms with Gasteiger partial charge in [0.15, 0.2) is 4.90 Å². The van der Waals surface area contributed by atoms with E-state index in [0.717, 1.165) is 23.6 Å². The number of amides is 1. The van der Waals surface area contributed by atoms with Crippen LogP contribution in [0.15, 0.2) is 81.3 Å². The Morgan fingerprint density at radius 1 is 1.09 bits per heavy atom. The molecule has 0 fully saturated rings. The number of halogens is 1. The van der Waals surface area contributed by atoms with Gasteiger partial charge in [-0.2, -0.15) is 10.2 Å². The minimum absolute atomic E-state index is 0.0857. The number of benzene rings is 3. The van der Waals surface area contributed by atoms with E-state index in [-0.39, 0.29) is 41.5 Å². The third-order valence-electron chi connectivity index (χ3n) is 7.68. The van der Waals surface area contributed by atoms with Crippen LogP contribution in [0.5, 0.6) is 5.88 Å². The molecular formula is C34H35FN4O5S. The van der Waals surface area contributed by atoms with Crippen LogP contribution in [-0.4, -0.2) is 48.0 Å². The second kappa shape index (κ2) is 13.9. The molecule has 1 heterocycles. The highest BCUT2D eigenvalue weighted by molar-refractivity contribution is 7.91. The van der Waals surface area contributed by atoms with Gasteiger partial charge in [0, 0.05) is 20.5 Å². The molecule has 0 saturated heterocycles. The summed E-state index contributed by atoms with van der Waals surface area (Å²) in [5.74, 6) is -1.57. The summed E-state index contributed by atoms with van der Waals surface area (Å²) in [6, 6.07) is 18.1. The van der Waals surface area contributed by atoms with Crippen molar-refractivity contribution in [1.82, 2.24) is 14.5 Å². The predicted octanol–water partition coefficient (Wildman–Crippen LogP) is 5.43. The van der Waals surface area contributed by atoms with Gasteiger partial charge in [-0.15, -0.1) is 0 Å². The predicted molar refractivity (Wildman–Crippen MR) is 168 cm³/mol. The Morgan fingerprint density at radius 2 is 1.78 bits per heavy atom. The number of sulfone groups is 1. The van der Waals surface area contributed by atoms with Crippen molar-refractivity contribution in [3.63, 3.8) is 0 Å². The fourth-order valence-electron chi connectivity index (χ4n) is 5.22. The first kappa shape index (κ1) is 33.1. The number of rotatable bonds is 11. The van der Waals surface area contributed by atoms with E-state index >= 15 is 0 Å². The number of aryl methyl sites for hydroxylation is 1. The molecule has 0 aliphatic carbocycles. The van der Waals surface area contributed by atoms with Crippen molar-refractivity contribution in [2.24, 2.45) is 0 Å². The van der Waals surface area contributed by atoms with Crippen molar-refractivity contribution in [3.05, 3.63) is 105 Å². The van der Waals surface area contributed by atoms with E-state index in [9.17, 15) is 27.5 Å². The van der Waals surface area contributed by atoms with E-state index in [2.05, 4.69) is 4.98 Å². The third kappa shape index (κ3) is 6.81. The summed E-state index contributed by atoms with van der Waals surface area (Å²) < 4.78 is 43.7. The summed E-state index contributed by atoms with van der Waals surface area (Å²) in [5, 5.41) is 20.0. The van der Waals surface area contributed by atoms with Crippen molar-refractivity contribution < 1.29 is 22.7 Å². The van der Waals surface area contributed by atoms with Gasteiger partial charge in [-0.25, -0.2) is 12.8 Å². The van der Waals surface area contributed by atoms with E-state index in [1.165, 1.54) is 33.7 Å². The van der Waals surface area contributed by atoms with Gasteiger partial charge in [0.05, 0.1) is 22.9 Å². The fourth-order valence-corrected chi connectivity index (χ4v) is 6.57. The van der Waals surface area contributed by atoms with Crippen molar-refractivity contribution in [1.29, 1.82) is 5.26 Å². The Bertz CT molecular complexity index is 1930. The normalized spacial score (nSPS) is 12.0. The molecule has 0 radical (unpaired) electrons. The molecule has 9 nitrogen and oxygen atoms in total. The molecule has 234 valence electrons. The van der Waals surface area contributed by atoms with E-state index in [0.29, 0.717) is 17.5 Å². The number of nitriles is 1. The molecule has 1 N–H and O–H groups in total. The van der Waals surface area contributed by atoms with Crippen LogP contribution >= 0.6 is 0 Å². The topological polar surface area (TPSA) is 133 Å². The summed E-state index contributed by atoms with van der Waals surface area (Å²) in [6.45, 7) is 3.71. The second-order valence-corrected chi connectivity index (χ2v) is 12.8. The summed E-state index contributed by atoms with van der Waals surface area (Å²) in [4.78, 5) is 31.0.